The monoisotopic (exact) mass is 568 g/mol. The van der Waals surface area contributed by atoms with Crippen LogP contribution in [0.5, 0.6) is 0 Å². The van der Waals surface area contributed by atoms with E-state index in [0.29, 0.717) is 5.56 Å². The van der Waals surface area contributed by atoms with Gasteiger partial charge in [-0.05, 0) is 24.6 Å². The van der Waals surface area contributed by atoms with Gasteiger partial charge in [-0.25, -0.2) is 14.8 Å². The van der Waals surface area contributed by atoms with Crippen LogP contribution in [-0.2, 0) is 40.2 Å². The van der Waals surface area contributed by atoms with Crippen molar-refractivity contribution in [3.05, 3.63) is 51.0 Å². The van der Waals surface area contributed by atoms with Crippen molar-refractivity contribution in [3.8, 4) is 0 Å². The zero-order chi connectivity index (χ0) is 27.8. The number of amides is 3. The number of oxime groups is 1. The predicted molar refractivity (Wildman–Crippen MR) is 132 cm³/mol. The van der Waals surface area contributed by atoms with Crippen molar-refractivity contribution in [1.82, 2.24) is 15.4 Å². The van der Waals surface area contributed by atoms with Gasteiger partial charge in [0.25, 0.3) is 17.5 Å². The van der Waals surface area contributed by atoms with Gasteiger partial charge in [0.05, 0.1) is 11.0 Å². The number of carbonyl (C=O) groups excluding carboxylic acids is 4. The molecule has 3 amide bonds. The summed E-state index contributed by atoms with van der Waals surface area (Å²) < 4.78 is 5.04. The van der Waals surface area contributed by atoms with Crippen LogP contribution in [-0.4, -0.2) is 76.1 Å². The molecule has 0 spiro atoms. The molecule has 0 aliphatic carbocycles. The first-order valence-corrected chi connectivity index (χ1v) is 12.1. The van der Waals surface area contributed by atoms with Gasteiger partial charge < -0.3 is 20.2 Å². The van der Waals surface area contributed by atoms with Crippen LogP contribution in [0.3, 0.4) is 0 Å². The third-order valence-electron chi connectivity index (χ3n) is 5.00. The number of β-lactam (4-membered cyclic amide) rings is 1. The van der Waals surface area contributed by atoms with Crippen molar-refractivity contribution >= 4 is 63.2 Å². The lowest BCUT2D eigenvalue weighted by Crippen LogP contribution is -2.70. The van der Waals surface area contributed by atoms with Gasteiger partial charge in [-0.15, -0.1) is 22.9 Å². The van der Waals surface area contributed by atoms with Gasteiger partial charge in [-0.3, -0.25) is 29.3 Å². The van der Waals surface area contributed by atoms with Gasteiger partial charge in [0.2, 0.25) is 5.91 Å². The predicted octanol–water partition coefficient (Wildman–Crippen LogP) is 0.970. The molecule has 202 valence electrons. The summed E-state index contributed by atoms with van der Waals surface area (Å²) in [6.45, 7) is 0.873. The number of nitro benzene ring substituents is 1. The summed E-state index contributed by atoms with van der Waals surface area (Å²) in [7, 11) is 1.23. The van der Waals surface area contributed by atoms with Gasteiger partial charge in [0.1, 0.15) is 31.3 Å². The Morgan fingerprint density at radius 1 is 1.29 bits per heavy atom. The molecule has 1 aliphatic rings. The Hall–Kier alpha value is -4.15. The first-order valence-electron chi connectivity index (χ1n) is 10.7. The number of hydrogen-bond acceptors (Lipinski definition) is 12. The number of thiazole rings is 1. The smallest absolute Gasteiger partial charge is 0.335 e. The second-order valence-corrected chi connectivity index (χ2v) is 8.68. The van der Waals surface area contributed by atoms with E-state index in [1.54, 1.807) is 6.92 Å². The zero-order valence-electron chi connectivity index (χ0n) is 19.9. The third-order valence-corrected chi connectivity index (χ3v) is 6.00. The summed E-state index contributed by atoms with van der Waals surface area (Å²) in [6, 6.07) is 3.85. The van der Waals surface area contributed by atoms with E-state index in [0.717, 1.165) is 16.4 Å². The molecule has 1 aromatic carbocycles. The van der Waals surface area contributed by atoms with Crippen LogP contribution < -0.4 is 10.6 Å². The number of alkyl halides is 1. The van der Waals surface area contributed by atoms with E-state index in [1.807, 2.05) is 0 Å². The number of halogens is 1. The summed E-state index contributed by atoms with van der Waals surface area (Å²) >= 11 is 6.49. The summed E-state index contributed by atoms with van der Waals surface area (Å²) in [5.74, 6) is -2.90. The van der Waals surface area contributed by atoms with Crippen LogP contribution in [0.2, 0.25) is 0 Å². The molecule has 3 rings (SSSR count). The maximum atomic E-state index is 12.8. The molecule has 0 unspecified atom stereocenters. The summed E-state index contributed by atoms with van der Waals surface area (Å²) in [6.07, 6.45) is 0. The maximum Gasteiger partial charge on any atom is 0.335 e. The Labute approximate surface area is 223 Å². The summed E-state index contributed by atoms with van der Waals surface area (Å²) in [4.78, 5) is 72.9. The van der Waals surface area contributed by atoms with Gasteiger partial charge in [-0.1, -0.05) is 5.16 Å². The molecule has 0 radical (unpaired) electrons. The Balaban J connectivity index is 1.49. The zero-order valence-corrected chi connectivity index (χ0v) is 21.5. The van der Waals surface area contributed by atoms with E-state index in [4.69, 9.17) is 26.0 Å². The number of carbonyl (C=O) groups is 4. The largest absolute Gasteiger partial charge is 0.459 e. The van der Waals surface area contributed by atoms with Crippen molar-refractivity contribution in [2.24, 2.45) is 5.16 Å². The number of rotatable bonds is 12. The van der Waals surface area contributed by atoms with Gasteiger partial charge in [-0.2, -0.15) is 0 Å². The maximum absolute atomic E-state index is 12.8. The lowest BCUT2D eigenvalue weighted by atomic mass is 10.00. The summed E-state index contributed by atoms with van der Waals surface area (Å²) in [5.41, 5.74) is 0.303. The number of ether oxygens (including phenoxy) is 1. The summed E-state index contributed by atoms with van der Waals surface area (Å²) in [5, 5.41) is 21.9. The molecule has 1 aromatic heterocycles. The third kappa shape index (κ3) is 6.99. The molecule has 17 heteroatoms. The molecule has 2 atom stereocenters. The highest BCUT2D eigenvalue weighted by Crippen LogP contribution is 2.21. The minimum Gasteiger partial charge on any atom is -0.459 e. The van der Waals surface area contributed by atoms with Gasteiger partial charge in [0, 0.05) is 17.5 Å². The fraction of sp³-hybridized carbons (Fsp3) is 0.333. The number of hydrogen-bond donors (Lipinski definition) is 2. The van der Waals surface area contributed by atoms with Crippen LogP contribution in [0.1, 0.15) is 18.2 Å². The molecular weight excluding hydrogens is 548 g/mol. The minimum atomic E-state index is -0.977. The number of anilines is 1. The van der Waals surface area contributed by atoms with E-state index in [2.05, 4.69) is 20.8 Å². The molecule has 15 nitrogen and oxygen atoms in total. The second-order valence-electron chi connectivity index (χ2n) is 7.56. The number of nitro groups is 1. The molecular formula is C21H21ClN6O9S. The molecule has 2 aromatic rings. The van der Waals surface area contributed by atoms with Crippen LogP contribution in [0.25, 0.3) is 0 Å². The quantitative estimate of drug-likeness (QED) is 0.0930. The highest BCUT2D eigenvalue weighted by molar-refractivity contribution is 7.14. The van der Waals surface area contributed by atoms with Crippen molar-refractivity contribution in [2.45, 2.75) is 25.6 Å². The topological polar surface area (TPSA) is 192 Å². The van der Waals surface area contributed by atoms with Crippen LogP contribution in [0.4, 0.5) is 10.8 Å². The number of hydroxylamine groups is 2. The fourth-order valence-corrected chi connectivity index (χ4v) is 3.88. The highest BCUT2D eigenvalue weighted by Gasteiger charge is 2.47. The second kappa shape index (κ2) is 12.9. The van der Waals surface area contributed by atoms with E-state index in [-0.39, 0.29) is 34.7 Å². The molecule has 1 aliphatic heterocycles. The first-order chi connectivity index (χ1) is 18.1. The Morgan fingerprint density at radius 3 is 2.61 bits per heavy atom. The molecule has 1 fully saturated rings. The van der Waals surface area contributed by atoms with E-state index in [9.17, 15) is 29.3 Å². The number of aromatic nitrogens is 1. The molecule has 38 heavy (non-hydrogen) atoms. The number of nitrogens with one attached hydrogen (secondary N) is 2. The van der Waals surface area contributed by atoms with E-state index < -0.39 is 47.3 Å². The van der Waals surface area contributed by atoms with Crippen molar-refractivity contribution < 1.29 is 38.5 Å². The van der Waals surface area contributed by atoms with Crippen LogP contribution in [0, 0.1) is 10.1 Å². The molecule has 0 bridgehead atoms. The number of esters is 1. The number of nitrogens with zero attached hydrogens (tertiary/aromatic N) is 4. The molecule has 0 saturated carbocycles. The van der Waals surface area contributed by atoms with Gasteiger partial charge in [0.15, 0.2) is 17.5 Å². The van der Waals surface area contributed by atoms with Crippen molar-refractivity contribution in [1.29, 1.82) is 0 Å². The first kappa shape index (κ1) is 28.4. The minimum absolute atomic E-state index is 0.0944. The molecule has 2 heterocycles. The van der Waals surface area contributed by atoms with Crippen LogP contribution >= 0.6 is 22.9 Å². The Morgan fingerprint density at radius 2 is 2.00 bits per heavy atom. The van der Waals surface area contributed by atoms with E-state index in [1.165, 1.54) is 36.8 Å². The van der Waals surface area contributed by atoms with Crippen molar-refractivity contribution in [3.63, 3.8) is 0 Å². The molecule has 1 saturated heterocycles. The normalized spacial score (nSPS) is 16.9. The number of benzene rings is 1. The lowest BCUT2D eigenvalue weighted by Gasteiger charge is -2.43. The lowest BCUT2D eigenvalue weighted by molar-refractivity contribution is -0.384. The highest BCUT2D eigenvalue weighted by atomic mass is 35.5. The Kier molecular flexibility index (Phi) is 9.64. The van der Waals surface area contributed by atoms with Gasteiger partial charge >= 0.3 is 5.97 Å². The van der Waals surface area contributed by atoms with E-state index >= 15 is 0 Å². The average Bonchev–Trinajstić information content (AvgIpc) is 3.36. The van der Waals surface area contributed by atoms with Crippen LogP contribution in [0.15, 0.2) is 34.8 Å². The standard InChI is InChI=1S/C21H21ClN6O9S/c1-11-17(25-19(31)18(26-35-2)14-10-38-21(23-14)24-15(29)7-22)20(32)27(11)37-9-16(30)36-8-12-3-5-13(6-4-12)28(33)34/h3-6,10-11,17H,7-9H2,1-2H3,(H,25,31)(H,23,24,29)/t11-,17-/m0/s1. The molecule has 2 N–H and O–H groups in total. The SMILES string of the molecule is CON=C(C(=O)N[C@@H]1C(=O)N(OCC(=O)OCc2ccc([N+](=O)[O-])cc2)[C@H]1C)c1csc(NC(=O)CCl)n1. The Bertz CT molecular complexity index is 1250. The average molecular weight is 569 g/mol. The number of non-ortho nitro benzene ring substituents is 1. The fourth-order valence-electron chi connectivity index (χ4n) is 3.10. The van der Waals surface area contributed by atoms with Crippen molar-refractivity contribution in [2.75, 3.05) is 24.9 Å².